The molecule has 1 aliphatic rings. The number of carbonyl (C=O) groups excluding carboxylic acids is 1. The minimum atomic E-state index is -0.551. The van der Waals surface area contributed by atoms with Gasteiger partial charge in [-0.25, -0.2) is 0 Å². The first kappa shape index (κ1) is 15.4. The molecule has 8 nitrogen and oxygen atoms in total. The molecule has 122 valence electrons. The van der Waals surface area contributed by atoms with Gasteiger partial charge in [0.05, 0.1) is 5.92 Å². The van der Waals surface area contributed by atoms with Crippen LogP contribution in [0.2, 0.25) is 0 Å². The number of aromatic nitrogens is 2. The van der Waals surface area contributed by atoms with E-state index in [-0.39, 0.29) is 18.4 Å². The number of hydrogen-bond donors (Lipinski definition) is 3. The molecule has 0 spiro atoms. The van der Waals surface area contributed by atoms with E-state index in [9.17, 15) is 10.1 Å². The summed E-state index contributed by atoms with van der Waals surface area (Å²) in [5.74, 6) is -0.0323. The molecule has 1 amide bonds. The van der Waals surface area contributed by atoms with Crippen LogP contribution in [-0.4, -0.2) is 22.7 Å². The van der Waals surface area contributed by atoms with Gasteiger partial charge in [0.2, 0.25) is 11.8 Å². The molecule has 2 heterocycles. The maximum Gasteiger partial charge on any atom is 0.255 e. The number of H-pyrrole nitrogens is 1. The summed E-state index contributed by atoms with van der Waals surface area (Å²) in [6.45, 7) is 1.65. The van der Waals surface area contributed by atoms with E-state index in [4.69, 9.17) is 20.9 Å². The zero-order valence-electron chi connectivity index (χ0n) is 12.9. The van der Waals surface area contributed by atoms with E-state index in [0.29, 0.717) is 17.2 Å². The van der Waals surface area contributed by atoms with Crippen molar-refractivity contribution >= 4 is 5.91 Å². The molecule has 0 bridgehead atoms. The van der Waals surface area contributed by atoms with Crippen molar-refractivity contribution in [2.75, 3.05) is 6.61 Å². The predicted octanol–water partition coefficient (Wildman–Crippen LogP) is 0.800. The predicted molar refractivity (Wildman–Crippen MR) is 83.8 cm³/mol. The van der Waals surface area contributed by atoms with Gasteiger partial charge in [-0.15, -0.1) is 5.10 Å². The van der Waals surface area contributed by atoms with Crippen molar-refractivity contribution in [3.63, 3.8) is 0 Å². The smallest absolute Gasteiger partial charge is 0.255 e. The number of nitrogens with zero attached hydrogens (tertiary/aromatic N) is 2. The van der Waals surface area contributed by atoms with E-state index < -0.39 is 5.91 Å². The SMILES string of the molecule is Cc1[nH]nc2c1[C@@H](c1ccc(OCC(N)=O)cc1)C(C#N)=C(N)O2. The number of ether oxygens (including phenoxy) is 2. The number of nitriles is 1. The van der Waals surface area contributed by atoms with Crippen LogP contribution in [-0.2, 0) is 4.79 Å². The lowest BCUT2D eigenvalue weighted by Gasteiger charge is -2.23. The second kappa shape index (κ2) is 5.96. The number of benzene rings is 1. The summed E-state index contributed by atoms with van der Waals surface area (Å²) in [6.07, 6.45) is 0. The van der Waals surface area contributed by atoms with Gasteiger partial charge in [-0.2, -0.15) is 5.26 Å². The number of allylic oxidation sites excluding steroid dienone is 1. The highest BCUT2D eigenvalue weighted by atomic mass is 16.5. The molecule has 0 aliphatic carbocycles. The van der Waals surface area contributed by atoms with Gasteiger partial charge in [0, 0.05) is 11.3 Å². The van der Waals surface area contributed by atoms with E-state index in [1.807, 2.05) is 6.92 Å². The van der Waals surface area contributed by atoms with Crippen molar-refractivity contribution < 1.29 is 14.3 Å². The zero-order chi connectivity index (χ0) is 17.3. The molecule has 8 heteroatoms. The van der Waals surface area contributed by atoms with Gasteiger partial charge in [0.15, 0.2) is 6.61 Å². The average molecular weight is 325 g/mol. The topological polar surface area (TPSA) is 140 Å². The second-order valence-electron chi connectivity index (χ2n) is 5.32. The molecule has 3 rings (SSSR count). The summed E-state index contributed by atoms with van der Waals surface area (Å²) >= 11 is 0. The third kappa shape index (κ3) is 2.63. The zero-order valence-corrected chi connectivity index (χ0v) is 12.9. The number of aromatic amines is 1. The molecule has 1 aromatic carbocycles. The Morgan fingerprint density at radius 1 is 1.46 bits per heavy atom. The third-order valence-electron chi connectivity index (χ3n) is 3.72. The standard InChI is InChI=1S/C16H15N5O3/c1-8-13-14(11(6-17)15(19)24-16(13)21-20-8)9-2-4-10(5-3-9)23-7-12(18)22/h2-5,14H,7,19H2,1H3,(H2,18,22)(H,20,21)/t14-/m0/s1. The van der Waals surface area contributed by atoms with Crippen LogP contribution in [0.15, 0.2) is 35.7 Å². The number of fused-ring (bicyclic) bond motifs is 1. The molecule has 2 aromatic rings. The molecule has 1 atom stereocenters. The quantitative estimate of drug-likeness (QED) is 0.759. The first-order valence-electron chi connectivity index (χ1n) is 7.14. The van der Waals surface area contributed by atoms with Crippen LogP contribution in [0.5, 0.6) is 11.6 Å². The molecular formula is C16H15N5O3. The van der Waals surface area contributed by atoms with Crippen LogP contribution in [0, 0.1) is 18.3 Å². The first-order chi connectivity index (χ1) is 11.5. The van der Waals surface area contributed by atoms with Crippen LogP contribution >= 0.6 is 0 Å². The van der Waals surface area contributed by atoms with Gasteiger partial charge in [0.1, 0.15) is 17.4 Å². The fourth-order valence-electron chi connectivity index (χ4n) is 2.64. The number of rotatable bonds is 4. The summed E-state index contributed by atoms with van der Waals surface area (Å²) < 4.78 is 10.7. The lowest BCUT2D eigenvalue weighted by Crippen LogP contribution is -2.21. The Hall–Kier alpha value is -3.47. The second-order valence-corrected chi connectivity index (χ2v) is 5.32. The fourth-order valence-corrected chi connectivity index (χ4v) is 2.64. The average Bonchev–Trinajstić information content (AvgIpc) is 2.93. The molecule has 0 unspecified atom stereocenters. The normalized spacial score (nSPS) is 16.1. The molecule has 24 heavy (non-hydrogen) atoms. The molecule has 0 saturated carbocycles. The van der Waals surface area contributed by atoms with Crippen LogP contribution in [0.1, 0.15) is 22.7 Å². The summed E-state index contributed by atoms with van der Waals surface area (Å²) in [5, 5.41) is 16.4. The summed E-state index contributed by atoms with van der Waals surface area (Å²) in [7, 11) is 0. The van der Waals surface area contributed by atoms with Gasteiger partial charge in [-0.1, -0.05) is 12.1 Å². The van der Waals surface area contributed by atoms with Crippen molar-refractivity contribution in [1.82, 2.24) is 10.2 Å². The van der Waals surface area contributed by atoms with Crippen molar-refractivity contribution in [3.8, 4) is 17.7 Å². The van der Waals surface area contributed by atoms with Gasteiger partial charge in [0.25, 0.3) is 5.91 Å². The van der Waals surface area contributed by atoms with Gasteiger partial charge in [-0.3, -0.25) is 9.89 Å². The van der Waals surface area contributed by atoms with E-state index in [2.05, 4.69) is 16.3 Å². The summed E-state index contributed by atoms with van der Waals surface area (Å²) in [5.41, 5.74) is 13.6. The number of primary amides is 1. The van der Waals surface area contributed by atoms with Crippen molar-refractivity contribution in [3.05, 3.63) is 52.5 Å². The van der Waals surface area contributed by atoms with Crippen LogP contribution in [0.4, 0.5) is 0 Å². The lowest BCUT2D eigenvalue weighted by molar-refractivity contribution is -0.119. The largest absolute Gasteiger partial charge is 0.484 e. The van der Waals surface area contributed by atoms with Crippen LogP contribution < -0.4 is 20.9 Å². The molecule has 1 aliphatic heterocycles. The summed E-state index contributed by atoms with van der Waals surface area (Å²) in [6, 6.07) is 9.11. The number of nitrogens with two attached hydrogens (primary N) is 2. The Kier molecular flexibility index (Phi) is 3.83. The molecule has 0 saturated heterocycles. The Morgan fingerprint density at radius 2 is 2.17 bits per heavy atom. The van der Waals surface area contributed by atoms with Crippen molar-refractivity contribution in [1.29, 1.82) is 5.26 Å². The van der Waals surface area contributed by atoms with E-state index in [1.54, 1.807) is 24.3 Å². The van der Waals surface area contributed by atoms with Crippen LogP contribution in [0.3, 0.4) is 0 Å². The Balaban J connectivity index is 1.99. The maximum atomic E-state index is 10.8. The van der Waals surface area contributed by atoms with Gasteiger partial charge >= 0.3 is 0 Å². The maximum absolute atomic E-state index is 10.8. The molecule has 0 fully saturated rings. The third-order valence-corrected chi connectivity index (χ3v) is 3.72. The number of carbonyl (C=O) groups is 1. The van der Waals surface area contributed by atoms with Gasteiger partial charge < -0.3 is 20.9 Å². The molecular weight excluding hydrogens is 310 g/mol. The van der Waals surface area contributed by atoms with Crippen molar-refractivity contribution in [2.24, 2.45) is 11.5 Å². The fraction of sp³-hybridized carbons (Fsp3) is 0.188. The van der Waals surface area contributed by atoms with Gasteiger partial charge in [-0.05, 0) is 24.6 Å². The number of amides is 1. The number of hydrogen-bond acceptors (Lipinski definition) is 6. The summed E-state index contributed by atoms with van der Waals surface area (Å²) in [4.78, 5) is 10.8. The van der Waals surface area contributed by atoms with E-state index in [0.717, 1.165) is 16.8 Å². The van der Waals surface area contributed by atoms with E-state index >= 15 is 0 Å². The molecule has 5 N–H and O–H groups in total. The monoisotopic (exact) mass is 325 g/mol. The molecule has 1 aromatic heterocycles. The van der Waals surface area contributed by atoms with Crippen molar-refractivity contribution in [2.45, 2.75) is 12.8 Å². The first-order valence-corrected chi connectivity index (χ1v) is 7.14. The Morgan fingerprint density at radius 3 is 2.79 bits per heavy atom. The lowest BCUT2D eigenvalue weighted by atomic mass is 9.84. The Labute approximate surface area is 137 Å². The minimum absolute atomic E-state index is 0.0376. The Bertz CT molecular complexity index is 861. The molecule has 0 radical (unpaired) electrons. The highest BCUT2D eigenvalue weighted by molar-refractivity contribution is 5.75. The highest BCUT2D eigenvalue weighted by Gasteiger charge is 2.34. The van der Waals surface area contributed by atoms with Crippen LogP contribution in [0.25, 0.3) is 0 Å². The highest BCUT2D eigenvalue weighted by Crippen LogP contribution is 2.42. The number of aryl methyl sites for hydroxylation is 1. The number of nitrogens with one attached hydrogen (secondary N) is 1. The minimum Gasteiger partial charge on any atom is -0.484 e. The van der Waals surface area contributed by atoms with E-state index in [1.165, 1.54) is 0 Å².